The second-order valence-electron chi connectivity index (χ2n) is 3.73. The van der Waals surface area contributed by atoms with Gasteiger partial charge in [0, 0.05) is 5.69 Å². The number of alkyl halides is 3. The summed E-state index contributed by atoms with van der Waals surface area (Å²) in [7, 11) is 1.19. The highest BCUT2D eigenvalue weighted by Crippen LogP contribution is 2.25. The van der Waals surface area contributed by atoms with Crippen LogP contribution in [-0.4, -0.2) is 39.1 Å². The summed E-state index contributed by atoms with van der Waals surface area (Å²) in [4.78, 5) is 11.5. The van der Waals surface area contributed by atoms with Crippen molar-refractivity contribution in [1.82, 2.24) is 0 Å². The van der Waals surface area contributed by atoms with Crippen molar-refractivity contribution in [3.63, 3.8) is 0 Å². The third-order valence-electron chi connectivity index (χ3n) is 2.20. The molecule has 0 bridgehead atoms. The minimum absolute atomic E-state index is 0.0332. The van der Waals surface area contributed by atoms with Gasteiger partial charge in [-0.05, 0) is 12.1 Å². The number of methoxy groups -OCH3 is 1. The first kappa shape index (κ1) is 16.1. The molecule has 0 fully saturated rings. The fourth-order valence-corrected chi connectivity index (χ4v) is 1.39. The average molecular weight is 293 g/mol. The maximum absolute atomic E-state index is 11.8. The van der Waals surface area contributed by atoms with Crippen LogP contribution in [0.1, 0.15) is 10.4 Å². The van der Waals surface area contributed by atoms with Gasteiger partial charge in [0.2, 0.25) is 0 Å². The number of hydrogen-bond acceptors (Lipinski definition) is 5. The third kappa shape index (κ3) is 4.96. The summed E-state index contributed by atoms with van der Waals surface area (Å²) in [5.41, 5.74) is 5.82. The highest BCUT2D eigenvalue weighted by atomic mass is 19.4. The van der Waals surface area contributed by atoms with Crippen molar-refractivity contribution in [3.8, 4) is 5.75 Å². The summed E-state index contributed by atoms with van der Waals surface area (Å²) >= 11 is 0. The molecule has 5 nitrogen and oxygen atoms in total. The van der Waals surface area contributed by atoms with Gasteiger partial charge in [-0.25, -0.2) is 4.79 Å². The highest BCUT2D eigenvalue weighted by molar-refractivity contribution is 5.98. The van der Waals surface area contributed by atoms with Crippen LogP contribution in [-0.2, 0) is 9.47 Å². The Morgan fingerprint density at radius 1 is 1.30 bits per heavy atom. The predicted octanol–water partition coefficient (Wildman–Crippen LogP) is 2.01. The van der Waals surface area contributed by atoms with Gasteiger partial charge in [0.05, 0.1) is 13.7 Å². The zero-order valence-corrected chi connectivity index (χ0v) is 10.7. The van der Waals surface area contributed by atoms with E-state index in [-0.39, 0.29) is 30.2 Å². The third-order valence-corrected chi connectivity index (χ3v) is 2.20. The monoisotopic (exact) mass is 293 g/mol. The Hall–Kier alpha value is -1.96. The van der Waals surface area contributed by atoms with Gasteiger partial charge in [0.15, 0.2) is 0 Å². The van der Waals surface area contributed by atoms with Gasteiger partial charge >= 0.3 is 12.1 Å². The van der Waals surface area contributed by atoms with Crippen molar-refractivity contribution < 1.29 is 32.2 Å². The normalized spacial score (nSPS) is 11.2. The molecular weight excluding hydrogens is 279 g/mol. The van der Waals surface area contributed by atoms with Gasteiger partial charge in [-0.2, -0.15) is 13.2 Å². The van der Waals surface area contributed by atoms with Crippen molar-refractivity contribution in [2.75, 3.05) is 32.7 Å². The lowest BCUT2D eigenvalue weighted by Crippen LogP contribution is -2.20. The number of nitrogen functional groups attached to an aromatic ring is 1. The smallest absolute Gasteiger partial charge is 0.411 e. The molecule has 112 valence electrons. The van der Waals surface area contributed by atoms with Gasteiger partial charge < -0.3 is 19.9 Å². The standard InChI is InChI=1S/C12H14F3NO4/c1-18-11(17)10-8(16)3-2-4-9(10)20-6-5-19-7-12(13,14)15/h2-4H,5-7,16H2,1H3. The lowest BCUT2D eigenvalue weighted by atomic mass is 10.1. The SMILES string of the molecule is COC(=O)c1c(N)cccc1OCCOCC(F)(F)F. The number of carbonyl (C=O) groups excluding carboxylic acids is 1. The molecule has 1 aromatic carbocycles. The van der Waals surface area contributed by atoms with Crippen LogP contribution in [0.2, 0.25) is 0 Å². The van der Waals surface area contributed by atoms with E-state index in [1.54, 1.807) is 6.07 Å². The van der Waals surface area contributed by atoms with E-state index in [0.29, 0.717) is 0 Å². The van der Waals surface area contributed by atoms with Crippen LogP contribution >= 0.6 is 0 Å². The van der Waals surface area contributed by atoms with Crippen molar-refractivity contribution in [3.05, 3.63) is 23.8 Å². The number of hydrogen-bond donors (Lipinski definition) is 1. The van der Waals surface area contributed by atoms with Crippen LogP contribution in [0.25, 0.3) is 0 Å². The molecule has 0 saturated heterocycles. The topological polar surface area (TPSA) is 70.8 Å². The molecule has 0 saturated carbocycles. The predicted molar refractivity (Wildman–Crippen MR) is 64.6 cm³/mol. The molecule has 0 radical (unpaired) electrons. The van der Waals surface area contributed by atoms with Crippen LogP contribution in [0.4, 0.5) is 18.9 Å². The minimum Gasteiger partial charge on any atom is -0.490 e. The van der Waals surface area contributed by atoms with Crippen molar-refractivity contribution in [2.45, 2.75) is 6.18 Å². The Bertz CT molecular complexity index is 463. The van der Waals surface area contributed by atoms with E-state index < -0.39 is 18.8 Å². The quantitative estimate of drug-likeness (QED) is 0.493. The van der Waals surface area contributed by atoms with Gasteiger partial charge in [-0.15, -0.1) is 0 Å². The van der Waals surface area contributed by atoms with Crippen molar-refractivity contribution in [1.29, 1.82) is 0 Å². The molecule has 0 amide bonds. The molecule has 1 aromatic rings. The maximum Gasteiger partial charge on any atom is 0.411 e. The molecule has 0 aromatic heterocycles. The Balaban J connectivity index is 2.56. The Morgan fingerprint density at radius 3 is 2.60 bits per heavy atom. The molecule has 20 heavy (non-hydrogen) atoms. The van der Waals surface area contributed by atoms with Crippen LogP contribution in [0.3, 0.4) is 0 Å². The Morgan fingerprint density at radius 2 is 2.00 bits per heavy atom. The number of carbonyl (C=O) groups is 1. The molecule has 0 aliphatic carbocycles. The Kier molecular flexibility index (Phi) is 5.63. The van der Waals surface area contributed by atoms with E-state index in [1.807, 2.05) is 0 Å². The van der Waals surface area contributed by atoms with E-state index in [4.69, 9.17) is 10.5 Å². The lowest BCUT2D eigenvalue weighted by Gasteiger charge is -2.12. The number of halogens is 3. The number of anilines is 1. The highest BCUT2D eigenvalue weighted by Gasteiger charge is 2.27. The first-order valence-corrected chi connectivity index (χ1v) is 5.59. The molecule has 0 unspecified atom stereocenters. The molecule has 0 atom stereocenters. The summed E-state index contributed by atoms with van der Waals surface area (Å²) in [6, 6.07) is 4.50. The van der Waals surface area contributed by atoms with E-state index in [2.05, 4.69) is 9.47 Å². The zero-order valence-electron chi connectivity index (χ0n) is 10.7. The van der Waals surface area contributed by atoms with E-state index in [9.17, 15) is 18.0 Å². The number of nitrogens with two attached hydrogens (primary N) is 1. The molecule has 0 heterocycles. The average Bonchev–Trinajstić information content (AvgIpc) is 2.36. The minimum atomic E-state index is -4.38. The largest absolute Gasteiger partial charge is 0.490 e. The van der Waals surface area contributed by atoms with Gasteiger partial charge in [-0.1, -0.05) is 6.07 Å². The molecule has 2 N–H and O–H groups in total. The van der Waals surface area contributed by atoms with Gasteiger partial charge in [0.1, 0.15) is 24.5 Å². The molecule has 0 aliphatic heterocycles. The van der Waals surface area contributed by atoms with Gasteiger partial charge in [-0.3, -0.25) is 0 Å². The van der Waals surface area contributed by atoms with Crippen molar-refractivity contribution in [2.24, 2.45) is 0 Å². The fraction of sp³-hybridized carbons (Fsp3) is 0.417. The van der Waals surface area contributed by atoms with Crippen LogP contribution in [0.15, 0.2) is 18.2 Å². The summed E-state index contributed by atoms with van der Waals surface area (Å²) < 4.78 is 49.6. The van der Waals surface area contributed by atoms with E-state index in [0.717, 1.165) is 0 Å². The summed E-state index contributed by atoms with van der Waals surface area (Å²) in [6.45, 7) is -1.77. The molecular formula is C12H14F3NO4. The van der Waals surface area contributed by atoms with E-state index >= 15 is 0 Å². The molecule has 0 spiro atoms. The van der Waals surface area contributed by atoms with Crippen LogP contribution < -0.4 is 10.5 Å². The second-order valence-corrected chi connectivity index (χ2v) is 3.73. The number of rotatable bonds is 6. The maximum atomic E-state index is 11.8. The zero-order chi connectivity index (χ0) is 15.2. The molecule has 8 heteroatoms. The number of benzene rings is 1. The molecule has 0 aliphatic rings. The van der Waals surface area contributed by atoms with Crippen LogP contribution in [0.5, 0.6) is 5.75 Å². The van der Waals surface area contributed by atoms with E-state index in [1.165, 1.54) is 19.2 Å². The molecule has 1 rings (SSSR count). The lowest BCUT2D eigenvalue weighted by molar-refractivity contribution is -0.175. The summed E-state index contributed by atoms with van der Waals surface area (Å²) in [6.07, 6.45) is -4.38. The summed E-state index contributed by atoms with van der Waals surface area (Å²) in [5.74, 6) is -0.554. The Labute approximate surface area is 113 Å². The first-order chi connectivity index (χ1) is 9.35. The second kappa shape index (κ2) is 6.99. The summed E-state index contributed by atoms with van der Waals surface area (Å²) in [5, 5.41) is 0. The van der Waals surface area contributed by atoms with Crippen LogP contribution in [0, 0.1) is 0 Å². The van der Waals surface area contributed by atoms with Crippen molar-refractivity contribution >= 4 is 11.7 Å². The number of esters is 1. The van der Waals surface area contributed by atoms with Gasteiger partial charge in [0.25, 0.3) is 0 Å². The fourth-order valence-electron chi connectivity index (χ4n) is 1.39. The first-order valence-electron chi connectivity index (χ1n) is 5.59. The number of ether oxygens (including phenoxy) is 3.